The Morgan fingerprint density at radius 1 is 1.29 bits per heavy atom. The summed E-state index contributed by atoms with van der Waals surface area (Å²) < 4.78 is 0. The first-order valence-electron chi connectivity index (χ1n) is 6.57. The highest BCUT2D eigenvalue weighted by molar-refractivity contribution is 5.99. The molecule has 1 aliphatic heterocycles. The summed E-state index contributed by atoms with van der Waals surface area (Å²) in [5, 5.41) is 19.9. The molecule has 112 valence electrons. The zero-order valence-electron chi connectivity index (χ0n) is 11.8. The van der Waals surface area contributed by atoms with Crippen molar-refractivity contribution < 1.29 is 19.6 Å². The Morgan fingerprint density at radius 3 is 2.38 bits per heavy atom. The molecule has 0 radical (unpaired) electrons. The van der Waals surface area contributed by atoms with Crippen LogP contribution < -0.4 is 0 Å². The monoisotopic (exact) mass is 292 g/mol. The smallest absolute Gasteiger partial charge is 0.335 e. The van der Waals surface area contributed by atoms with Gasteiger partial charge in [0.05, 0.1) is 10.5 Å². The third-order valence-corrected chi connectivity index (χ3v) is 3.77. The number of non-ortho nitro benzene ring substituents is 1. The maximum absolute atomic E-state index is 12.5. The van der Waals surface area contributed by atoms with Gasteiger partial charge in [-0.05, 0) is 32.8 Å². The van der Waals surface area contributed by atoms with Gasteiger partial charge in [0, 0.05) is 29.8 Å². The average molecular weight is 292 g/mol. The van der Waals surface area contributed by atoms with Crippen molar-refractivity contribution in [2.75, 3.05) is 6.54 Å². The molecular weight excluding hydrogens is 276 g/mol. The molecule has 1 aromatic rings. The van der Waals surface area contributed by atoms with Crippen molar-refractivity contribution in [2.24, 2.45) is 0 Å². The molecule has 0 spiro atoms. The second-order valence-corrected chi connectivity index (χ2v) is 5.70. The number of carbonyl (C=O) groups is 2. The highest BCUT2D eigenvalue weighted by Crippen LogP contribution is 2.30. The zero-order chi connectivity index (χ0) is 15.8. The van der Waals surface area contributed by atoms with E-state index < -0.39 is 16.6 Å². The van der Waals surface area contributed by atoms with E-state index in [0.717, 1.165) is 25.0 Å². The van der Waals surface area contributed by atoms with E-state index in [4.69, 9.17) is 5.11 Å². The first-order chi connectivity index (χ1) is 9.72. The predicted molar refractivity (Wildman–Crippen MR) is 74.4 cm³/mol. The van der Waals surface area contributed by atoms with Crippen molar-refractivity contribution >= 4 is 17.6 Å². The van der Waals surface area contributed by atoms with Crippen molar-refractivity contribution in [3.8, 4) is 0 Å². The van der Waals surface area contributed by atoms with E-state index in [-0.39, 0.29) is 22.6 Å². The molecular formula is C14H16N2O5. The van der Waals surface area contributed by atoms with Gasteiger partial charge in [-0.2, -0.15) is 0 Å². The van der Waals surface area contributed by atoms with Crippen LogP contribution in [0.25, 0.3) is 0 Å². The van der Waals surface area contributed by atoms with Gasteiger partial charge in [-0.3, -0.25) is 14.9 Å². The summed E-state index contributed by atoms with van der Waals surface area (Å²) in [6, 6.07) is 3.27. The molecule has 0 aromatic heterocycles. The number of carbonyl (C=O) groups excluding carboxylic acids is 1. The number of nitrogens with zero attached hydrogens (tertiary/aromatic N) is 2. The Bertz CT molecular complexity index is 592. The summed E-state index contributed by atoms with van der Waals surface area (Å²) in [7, 11) is 0. The molecule has 0 aliphatic carbocycles. The van der Waals surface area contributed by atoms with Gasteiger partial charge < -0.3 is 10.0 Å². The van der Waals surface area contributed by atoms with Crippen LogP contribution in [0.3, 0.4) is 0 Å². The number of carboxylic acid groups (broad SMARTS) is 1. The lowest BCUT2D eigenvalue weighted by atomic mass is 10.0. The number of likely N-dealkylation sites (tertiary alicyclic amines) is 1. The first kappa shape index (κ1) is 15.0. The maximum Gasteiger partial charge on any atom is 0.335 e. The van der Waals surface area contributed by atoms with E-state index in [9.17, 15) is 19.7 Å². The molecule has 0 bridgehead atoms. The Balaban J connectivity index is 2.45. The molecule has 1 amide bonds. The SMILES string of the molecule is CC1(C)CCCN1C(=O)c1cc(C(=O)O)cc([N+](=O)[O-])c1. The Kier molecular flexibility index (Phi) is 3.67. The highest BCUT2D eigenvalue weighted by atomic mass is 16.6. The minimum atomic E-state index is -1.30. The van der Waals surface area contributed by atoms with Gasteiger partial charge in [-0.25, -0.2) is 4.79 Å². The largest absolute Gasteiger partial charge is 0.478 e. The van der Waals surface area contributed by atoms with Crippen molar-refractivity contribution in [3.05, 3.63) is 39.4 Å². The molecule has 0 atom stereocenters. The highest BCUT2D eigenvalue weighted by Gasteiger charge is 2.36. The third kappa shape index (κ3) is 2.86. The van der Waals surface area contributed by atoms with Gasteiger partial charge >= 0.3 is 5.97 Å². The molecule has 1 saturated heterocycles. The fraction of sp³-hybridized carbons (Fsp3) is 0.429. The van der Waals surface area contributed by atoms with Crippen LogP contribution in [0.1, 0.15) is 47.4 Å². The van der Waals surface area contributed by atoms with Gasteiger partial charge in [0.15, 0.2) is 0 Å². The Labute approximate surface area is 121 Å². The van der Waals surface area contributed by atoms with E-state index in [1.807, 2.05) is 13.8 Å². The lowest BCUT2D eigenvalue weighted by Crippen LogP contribution is -2.42. The number of nitro groups is 1. The van der Waals surface area contributed by atoms with Gasteiger partial charge in [0.1, 0.15) is 0 Å². The minimum Gasteiger partial charge on any atom is -0.478 e. The number of hydrogen-bond acceptors (Lipinski definition) is 4. The molecule has 1 fully saturated rings. The van der Waals surface area contributed by atoms with E-state index in [2.05, 4.69) is 0 Å². The second kappa shape index (κ2) is 5.16. The van der Waals surface area contributed by atoms with Crippen LogP contribution >= 0.6 is 0 Å². The molecule has 2 rings (SSSR count). The third-order valence-electron chi connectivity index (χ3n) is 3.77. The van der Waals surface area contributed by atoms with Gasteiger partial charge in [0.2, 0.25) is 0 Å². The fourth-order valence-corrected chi connectivity index (χ4v) is 2.60. The Morgan fingerprint density at radius 2 is 1.90 bits per heavy atom. The standard InChI is InChI=1S/C14H16N2O5/c1-14(2)4-3-5-15(14)12(17)9-6-10(13(18)19)8-11(7-9)16(20)21/h6-8H,3-5H2,1-2H3,(H,18,19). The zero-order valence-corrected chi connectivity index (χ0v) is 11.8. The van der Waals surface area contributed by atoms with E-state index >= 15 is 0 Å². The lowest BCUT2D eigenvalue weighted by molar-refractivity contribution is -0.384. The van der Waals surface area contributed by atoms with Crippen LogP contribution in [-0.4, -0.2) is 38.9 Å². The predicted octanol–water partition coefficient (Wildman–Crippen LogP) is 2.31. The maximum atomic E-state index is 12.5. The number of benzene rings is 1. The molecule has 1 heterocycles. The average Bonchev–Trinajstić information content (AvgIpc) is 2.76. The number of carboxylic acids is 1. The lowest BCUT2D eigenvalue weighted by Gasteiger charge is -2.31. The van der Waals surface area contributed by atoms with Gasteiger partial charge in [0.25, 0.3) is 11.6 Å². The van der Waals surface area contributed by atoms with Crippen molar-refractivity contribution in [2.45, 2.75) is 32.2 Å². The van der Waals surface area contributed by atoms with E-state index in [0.29, 0.717) is 6.54 Å². The van der Waals surface area contributed by atoms with Crippen LogP contribution in [-0.2, 0) is 0 Å². The van der Waals surface area contributed by atoms with Crippen molar-refractivity contribution in [3.63, 3.8) is 0 Å². The normalized spacial score (nSPS) is 16.8. The van der Waals surface area contributed by atoms with Crippen LogP contribution in [0.4, 0.5) is 5.69 Å². The van der Waals surface area contributed by atoms with Crippen molar-refractivity contribution in [1.29, 1.82) is 0 Å². The summed E-state index contributed by atoms with van der Waals surface area (Å²) in [5.41, 5.74) is -0.943. The van der Waals surface area contributed by atoms with Crippen LogP contribution in [0.2, 0.25) is 0 Å². The van der Waals surface area contributed by atoms with Gasteiger partial charge in [-0.1, -0.05) is 0 Å². The number of rotatable bonds is 3. The summed E-state index contributed by atoms with van der Waals surface area (Å²) in [4.78, 5) is 35.4. The number of nitro benzene ring substituents is 1. The first-order valence-corrected chi connectivity index (χ1v) is 6.57. The topological polar surface area (TPSA) is 101 Å². The molecule has 7 nitrogen and oxygen atoms in total. The number of aromatic carboxylic acids is 1. The quantitative estimate of drug-likeness (QED) is 0.680. The second-order valence-electron chi connectivity index (χ2n) is 5.70. The van der Waals surface area contributed by atoms with Crippen LogP contribution in [0.15, 0.2) is 18.2 Å². The van der Waals surface area contributed by atoms with Crippen LogP contribution in [0.5, 0.6) is 0 Å². The van der Waals surface area contributed by atoms with Crippen molar-refractivity contribution in [1.82, 2.24) is 4.90 Å². The molecule has 1 aliphatic rings. The Hall–Kier alpha value is -2.44. The van der Waals surface area contributed by atoms with Gasteiger partial charge in [-0.15, -0.1) is 0 Å². The molecule has 0 saturated carbocycles. The van der Waals surface area contributed by atoms with E-state index in [1.54, 1.807) is 4.90 Å². The molecule has 1 aromatic carbocycles. The van der Waals surface area contributed by atoms with E-state index in [1.165, 1.54) is 6.07 Å². The summed E-state index contributed by atoms with van der Waals surface area (Å²) in [6.07, 6.45) is 1.71. The van der Waals surface area contributed by atoms with Crippen LogP contribution in [0, 0.1) is 10.1 Å². The molecule has 0 unspecified atom stereocenters. The molecule has 21 heavy (non-hydrogen) atoms. The molecule has 1 N–H and O–H groups in total. The summed E-state index contributed by atoms with van der Waals surface area (Å²) >= 11 is 0. The number of hydrogen-bond donors (Lipinski definition) is 1. The summed E-state index contributed by atoms with van der Waals surface area (Å²) in [5.74, 6) is -1.67. The number of amides is 1. The fourth-order valence-electron chi connectivity index (χ4n) is 2.60. The molecule has 7 heteroatoms. The summed E-state index contributed by atoms with van der Waals surface area (Å²) in [6.45, 7) is 4.41. The minimum absolute atomic E-state index is 0.0385.